The van der Waals surface area contributed by atoms with Crippen LogP contribution in [0.5, 0.6) is 5.75 Å². The van der Waals surface area contributed by atoms with Crippen LogP contribution in [0.4, 0.5) is 4.39 Å². The number of rotatable bonds is 6. The van der Waals surface area contributed by atoms with E-state index in [-0.39, 0.29) is 11.5 Å². The molecule has 2 aromatic heterocycles. The molecule has 8 heteroatoms. The average Bonchev–Trinajstić information content (AvgIpc) is 3.14. The van der Waals surface area contributed by atoms with Gasteiger partial charge in [0.2, 0.25) is 17.7 Å². The summed E-state index contributed by atoms with van der Waals surface area (Å²) >= 11 is 0. The van der Waals surface area contributed by atoms with Gasteiger partial charge in [0.1, 0.15) is 17.3 Å². The highest BCUT2D eigenvalue weighted by molar-refractivity contribution is 5.57. The molecule has 0 N–H and O–H groups in total. The molecule has 3 aromatic rings. The fourth-order valence-electron chi connectivity index (χ4n) is 2.43. The molecule has 2 heterocycles. The molecule has 0 bridgehead atoms. The lowest BCUT2D eigenvalue weighted by Gasteiger charge is -2.12. The van der Waals surface area contributed by atoms with Crippen LogP contribution in [-0.2, 0) is 13.1 Å². The molecule has 132 valence electrons. The number of benzene rings is 1. The molecule has 0 spiro atoms. The predicted molar refractivity (Wildman–Crippen MR) is 87.4 cm³/mol. The van der Waals surface area contributed by atoms with E-state index in [0.717, 1.165) is 5.69 Å². The molecule has 0 atom stereocenters. The minimum atomic E-state index is -0.414. The van der Waals surface area contributed by atoms with Gasteiger partial charge in [0.05, 0.1) is 24.9 Å². The highest BCUT2D eigenvalue weighted by atomic mass is 19.1. The van der Waals surface area contributed by atoms with E-state index in [0.29, 0.717) is 36.4 Å². The van der Waals surface area contributed by atoms with Gasteiger partial charge in [-0.25, -0.2) is 9.37 Å². The average molecular weight is 346 g/mol. The molecule has 3 rings (SSSR count). The van der Waals surface area contributed by atoms with Crippen LogP contribution in [0.2, 0.25) is 0 Å². The lowest BCUT2D eigenvalue weighted by atomic mass is 10.2. The fraction of sp³-hybridized carbons (Fsp3) is 0.353. The van der Waals surface area contributed by atoms with E-state index in [1.807, 2.05) is 11.9 Å². The van der Waals surface area contributed by atoms with Crippen molar-refractivity contribution in [3.63, 3.8) is 0 Å². The summed E-state index contributed by atoms with van der Waals surface area (Å²) in [6.07, 6.45) is 0. The molecule has 0 saturated carbocycles. The molecule has 0 aliphatic heterocycles. The van der Waals surface area contributed by atoms with E-state index >= 15 is 0 Å². The van der Waals surface area contributed by atoms with Crippen molar-refractivity contribution in [2.45, 2.75) is 26.9 Å². The van der Waals surface area contributed by atoms with Crippen LogP contribution in [0, 0.1) is 19.7 Å². The third-order valence-corrected chi connectivity index (χ3v) is 3.69. The van der Waals surface area contributed by atoms with Crippen LogP contribution in [0.15, 0.2) is 27.0 Å². The lowest BCUT2D eigenvalue weighted by Crippen LogP contribution is -2.18. The van der Waals surface area contributed by atoms with Crippen molar-refractivity contribution in [2.24, 2.45) is 0 Å². The Balaban J connectivity index is 1.78. The van der Waals surface area contributed by atoms with E-state index in [4.69, 9.17) is 13.6 Å². The van der Waals surface area contributed by atoms with Crippen molar-refractivity contribution in [2.75, 3.05) is 14.2 Å². The Morgan fingerprint density at radius 1 is 1.16 bits per heavy atom. The van der Waals surface area contributed by atoms with Gasteiger partial charge < -0.3 is 13.6 Å². The summed E-state index contributed by atoms with van der Waals surface area (Å²) in [6, 6.07) is 4.45. The Labute approximate surface area is 144 Å². The quantitative estimate of drug-likeness (QED) is 0.678. The molecule has 1 aromatic carbocycles. The first-order valence-electron chi connectivity index (χ1n) is 7.74. The monoisotopic (exact) mass is 346 g/mol. The number of nitrogens with zero attached hydrogens (tertiary/aromatic N) is 4. The van der Waals surface area contributed by atoms with Crippen LogP contribution in [0.25, 0.3) is 11.5 Å². The number of aromatic nitrogens is 3. The molecule has 25 heavy (non-hydrogen) atoms. The zero-order valence-electron chi connectivity index (χ0n) is 14.5. The van der Waals surface area contributed by atoms with Gasteiger partial charge in [0, 0.05) is 13.5 Å². The second kappa shape index (κ2) is 7.02. The summed E-state index contributed by atoms with van der Waals surface area (Å²) in [6.45, 7) is 4.53. The van der Waals surface area contributed by atoms with Gasteiger partial charge >= 0.3 is 0 Å². The van der Waals surface area contributed by atoms with Crippen molar-refractivity contribution in [1.82, 2.24) is 20.1 Å². The normalized spacial score (nSPS) is 11.3. The van der Waals surface area contributed by atoms with Crippen molar-refractivity contribution in [3.8, 4) is 17.2 Å². The Bertz CT molecular complexity index is 875. The first-order chi connectivity index (χ1) is 12.0. The maximum absolute atomic E-state index is 14.1. The van der Waals surface area contributed by atoms with Gasteiger partial charge in [-0.05, 0) is 32.2 Å². The summed E-state index contributed by atoms with van der Waals surface area (Å²) in [7, 11) is 3.43. The van der Waals surface area contributed by atoms with Gasteiger partial charge in [-0.2, -0.15) is 0 Å². The third-order valence-electron chi connectivity index (χ3n) is 3.69. The number of hydrogen-bond acceptors (Lipinski definition) is 7. The van der Waals surface area contributed by atoms with Gasteiger partial charge in [-0.15, -0.1) is 10.2 Å². The second-order valence-corrected chi connectivity index (χ2v) is 5.75. The van der Waals surface area contributed by atoms with Crippen molar-refractivity contribution in [1.29, 1.82) is 0 Å². The molecule has 0 radical (unpaired) electrons. The van der Waals surface area contributed by atoms with Crippen LogP contribution in [-0.4, -0.2) is 34.2 Å². The van der Waals surface area contributed by atoms with E-state index in [1.165, 1.54) is 13.2 Å². The predicted octanol–water partition coefficient (Wildman–Crippen LogP) is 3.12. The van der Waals surface area contributed by atoms with E-state index in [1.54, 1.807) is 26.0 Å². The molecular formula is C17H19FN4O3. The van der Waals surface area contributed by atoms with E-state index < -0.39 is 5.82 Å². The van der Waals surface area contributed by atoms with Gasteiger partial charge in [-0.3, -0.25) is 4.90 Å². The molecular weight excluding hydrogens is 327 g/mol. The number of ether oxygens (including phenoxy) is 1. The van der Waals surface area contributed by atoms with Gasteiger partial charge in [0.25, 0.3) is 0 Å². The highest BCUT2D eigenvalue weighted by Gasteiger charge is 2.17. The zero-order valence-corrected chi connectivity index (χ0v) is 14.5. The summed E-state index contributed by atoms with van der Waals surface area (Å²) in [5, 5.41) is 7.77. The zero-order chi connectivity index (χ0) is 18.0. The van der Waals surface area contributed by atoms with Crippen LogP contribution in [0.1, 0.15) is 23.2 Å². The first kappa shape index (κ1) is 17.1. The highest BCUT2D eigenvalue weighted by Crippen LogP contribution is 2.28. The topological polar surface area (TPSA) is 77.4 Å². The summed E-state index contributed by atoms with van der Waals surface area (Å²) in [4.78, 5) is 6.39. The number of methoxy groups -OCH3 is 1. The Morgan fingerprint density at radius 3 is 2.64 bits per heavy atom. The number of halogens is 1. The molecule has 0 saturated heterocycles. The van der Waals surface area contributed by atoms with Crippen LogP contribution in [0.3, 0.4) is 0 Å². The van der Waals surface area contributed by atoms with Crippen molar-refractivity contribution in [3.05, 3.63) is 47.3 Å². The van der Waals surface area contributed by atoms with E-state index in [2.05, 4.69) is 15.2 Å². The standard InChI is InChI=1S/C17H19FN4O3/c1-10-15(8-22(3)9-16-21-20-11(2)25-16)19-17(24-10)13-7-12(23-4)5-6-14(13)18/h5-7H,8-9H2,1-4H3. The van der Waals surface area contributed by atoms with Crippen molar-refractivity contribution < 1.29 is 18.0 Å². The molecule has 0 aliphatic rings. The maximum atomic E-state index is 14.1. The largest absolute Gasteiger partial charge is 0.497 e. The minimum Gasteiger partial charge on any atom is -0.497 e. The lowest BCUT2D eigenvalue weighted by molar-refractivity contribution is 0.275. The number of oxazole rings is 1. The fourth-order valence-corrected chi connectivity index (χ4v) is 2.43. The molecule has 7 nitrogen and oxygen atoms in total. The SMILES string of the molecule is COc1ccc(F)c(-c2nc(CN(C)Cc3nnc(C)o3)c(C)o2)c1. The Morgan fingerprint density at radius 2 is 1.96 bits per heavy atom. The third kappa shape index (κ3) is 3.85. The van der Waals surface area contributed by atoms with Crippen molar-refractivity contribution >= 4 is 0 Å². The molecule has 0 aliphatic carbocycles. The number of aryl methyl sites for hydroxylation is 2. The summed E-state index contributed by atoms with van der Waals surface area (Å²) < 4.78 is 30.2. The summed E-state index contributed by atoms with van der Waals surface area (Å²) in [5.74, 6) is 2.04. The number of hydrogen-bond donors (Lipinski definition) is 0. The maximum Gasteiger partial charge on any atom is 0.230 e. The minimum absolute atomic E-state index is 0.228. The van der Waals surface area contributed by atoms with Gasteiger partial charge in [0.15, 0.2) is 0 Å². The first-order valence-corrected chi connectivity index (χ1v) is 7.74. The summed E-state index contributed by atoms with van der Waals surface area (Å²) in [5.41, 5.74) is 0.986. The Kier molecular flexibility index (Phi) is 4.80. The smallest absolute Gasteiger partial charge is 0.230 e. The molecule has 0 unspecified atom stereocenters. The van der Waals surface area contributed by atoms with Gasteiger partial charge in [-0.1, -0.05) is 0 Å². The second-order valence-electron chi connectivity index (χ2n) is 5.75. The van der Waals surface area contributed by atoms with Crippen LogP contribution >= 0.6 is 0 Å². The molecule has 0 amide bonds. The molecule has 0 fully saturated rings. The van der Waals surface area contributed by atoms with Crippen LogP contribution < -0.4 is 4.74 Å². The van der Waals surface area contributed by atoms with E-state index in [9.17, 15) is 4.39 Å². The Hall–Kier alpha value is -2.74.